The van der Waals surface area contributed by atoms with Gasteiger partial charge in [-0.15, -0.1) is 0 Å². The van der Waals surface area contributed by atoms with Gasteiger partial charge in [0.2, 0.25) is 5.91 Å². The van der Waals surface area contributed by atoms with Crippen LogP contribution in [0.25, 0.3) is 10.1 Å². The maximum Gasteiger partial charge on any atom is 0.226 e. The molecule has 0 N–H and O–H groups in total. The van der Waals surface area contributed by atoms with Crippen molar-refractivity contribution in [1.29, 1.82) is 0 Å². The van der Waals surface area contributed by atoms with Crippen molar-refractivity contribution in [2.24, 2.45) is 11.8 Å². The number of benzene rings is 2. The Labute approximate surface area is 207 Å². The highest BCUT2D eigenvalue weighted by Crippen LogP contribution is 2.34. The summed E-state index contributed by atoms with van der Waals surface area (Å²) in [4.78, 5) is 19.6. The number of hydrogen-bond donors (Lipinski definition) is 0. The number of piperazine rings is 1. The summed E-state index contributed by atoms with van der Waals surface area (Å²) in [5.41, 5.74) is 0.990. The van der Waals surface area contributed by atoms with Crippen molar-refractivity contribution < 1.29 is 4.79 Å². The van der Waals surface area contributed by atoms with Crippen molar-refractivity contribution in [3.63, 3.8) is 0 Å². The van der Waals surface area contributed by atoms with Crippen molar-refractivity contribution in [3.8, 4) is 0 Å². The van der Waals surface area contributed by atoms with Gasteiger partial charge >= 0.3 is 0 Å². The van der Waals surface area contributed by atoms with Gasteiger partial charge in [-0.2, -0.15) is 4.37 Å². The van der Waals surface area contributed by atoms with Crippen LogP contribution in [0, 0.1) is 11.8 Å². The number of hydrogen-bond acceptors (Lipinski definition) is 5. The lowest BCUT2D eigenvalue weighted by Gasteiger charge is -2.36. The van der Waals surface area contributed by atoms with Crippen LogP contribution < -0.4 is 9.80 Å². The van der Waals surface area contributed by atoms with Crippen molar-refractivity contribution in [1.82, 2.24) is 9.27 Å². The minimum absolute atomic E-state index is 0.250. The lowest BCUT2D eigenvalue weighted by Crippen LogP contribution is -2.47. The van der Waals surface area contributed by atoms with Crippen molar-refractivity contribution in [2.75, 3.05) is 49.6 Å². The van der Waals surface area contributed by atoms with Crippen LogP contribution in [0.3, 0.4) is 0 Å². The molecule has 1 amide bonds. The molecular weight excluding hydrogens is 440 g/mol. The summed E-state index contributed by atoms with van der Waals surface area (Å²) in [7, 11) is 1.90. The van der Waals surface area contributed by atoms with Crippen LogP contribution in [-0.4, -0.2) is 55.0 Å². The highest BCUT2D eigenvalue weighted by Gasteiger charge is 2.26. The van der Waals surface area contributed by atoms with Gasteiger partial charge in [-0.25, -0.2) is 0 Å². The minimum Gasteiger partial charge on any atom is -0.353 e. The second-order valence-corrected chi connectivity index (χ2v) is 10.8. The molecular formula is C28H36N4OS. The molecule has 0 spiro atoms. The molecule has 0 unspecified atom stereocenters. The van der Waals surface area contributed by atoms with Gasteiger partial charge in [-0.3, -0.25) is 9.69 Å². The molecule has 1 aromatic heterocycles. The number of aromatic nitrogens is 1. The van der Waals surface area contributed by atoms with Crippen LogP contribution in [0.1, 0.15) is 38.5 Å². The molecule has 0 atom stereocenters. The van der Waals surface area contributed by atoms with Crippen LogP contribution in [-0.2, 0) is 4.79 Å². The first-order chi connectivity index (χ1) is 16.7. The zero-order valence-electron chi connectivity index (χ0n) is 20.2. The van der Waals surface area contributed by atoms with Crippen LogP contribution >= 0.6 is 11.5 Å². The van der Waals surface area contributed by atoms with E-state index in [2.05, 4.69) is 34.1 Å². The topological polar surface area (TPSA) is 39.7 Å². The fourth-order valence-electron chi connectivity index (χ4n) is 5.55. The molecule has 0 radical (unpaired) electrons. The Balaban J connectivity index is 1.02. The summed E-state index contributed by atoms with van der Waals surface area (Å²) in [5.74, 6) is 2.79. The van der Waals surface area contributed by atoms with Crippen LogP contribution in [0.4, 0.5) is 11.5 Å². The average Bonchev–Trinajstić information content (AvgIpc) is 3.33. The predicted molar refractivity (Wildman–Crippen MR) is 143 cm³/mol. The zero-order chi connectivity index (χ0) is 23.3. The quantitative estimate of drug-likeness (QED) is 0.441. The second-order valence-electron chi connectivity index (χ2n) is 10.00. The third-order valence-electron chi connectivity index (χ3n) is 7.83. The molecule has 2 aliphatic rings. The number of amides is 1. The largest absolute Gasteiger partial charge is 0.353 e. The van der Waals surface area contributed by atoms with Crippen molar-refractivity contribution in [2.45, 2.75) is 38.5 Å². The van der Waals surface area contributed by atoms with E-state index in [1.807, 2.05) is 42.3 Å². The molecule has 1 saturated heterocycles. The Bertz CT molecular complexity index is 1070. The maximum absolute atomic E-state index is 12.7. The summed E-state index contributed by atoms with van der Waals surface area (Å²) < 4.78 is 6.02. The van der Waals surface area contributed by atoms with Gasteiger partial charge in [-0.1, -0.05) is 43.2 Å². The van der Waals surface area contributed by atoms with E-state index in [1.54, 1.807) is 11.5 Å². The SMILES string of the molecule is CN(C(=O)CC1CCC(CCN2CCN(c3nsc4ccccc34)CC2)CC1)c1ccccc1. The van der Waals surface area contributed by atoms with E-state index >= 15 is 0 Å². The molecule has 180 valence electrons. The molecule has 1 saturated carbocycles. The van der Waals surface area contributed by atoms with Crippen molar-refractivity contribution in [3.05, 3.63) is 54.6 Å². The van der Waals surface area contributed by atoms with Gasteiger partial charge in [0, 0.05) is 50.7 Å². The molecule has 1 aliphatic carbocycles. The minimum atomic E-state index is 0.250. The highest BCUT2D eigenvalue weighted by atomic mass is 32.1. The predicted octanol–water partition coefficient (Wildman–Crippen LogP) is 5.67. The number of anilines is 2. The van der Waals surface area contributed by atoms with Crippen LogP contribution in [0.5, 0.6) is 0 Å². The van der Waals surface area contributed by atoms with E-state index in [0.717, 1.165) is 37.8 Å². The number of carbonyl (C=O) groups excluding carboxylic acids is 1. The Morgan fingerprint density at radius 1 is 0.941 bits per heavy atom. The molecule has 3 aromatic rings. The molecule has 5 rings (SSSR count). The lowest BCUT2D eigenvalue weighted by molar-refractivity contribution is -0.119. The third-order valence-corrected chi connectivity index (χ3v) is 8.65. The molecule has 6 heteroatoms. The molecule has 5 nitrogen and oxygen atoms in total. The van der Waals surface area contributed by atoms with Gasteiger partial charge in [-0.05, 0) is 73.4 Å². The first-order valence-electron chi connectivity index (χ1n) is 12.8. The van der Waals surface area contributed by atoms with E-state index in [9.17, 15) is 4.79 Å². The Kier molecular flexibility index (Phi) is 7.45. The lowest BCUT2D eigenvalue weighted by atomic mass is 9.79. The number of para-hydroxylation sites is 1. The van der Waals surface area contributed by atoms with Gasteiger partial charge in [0.15, 0.2) is 0 Å². The molecule has 0 bridgehead atoms. The molecule has 34 heavy (non-hydrogen) atoms. The standard InChI is InChI=1S/C28H36N4OS/c1-30(24-7-3-2-4-8-24)27(33)21-23-13-11-22(12-14-23)15-16-31-17-19-32(20-18-31)28-25-9-5-6-10-26(25)34-29-28/h2-10,22-23H,11-21H2,1H3. The molecule has 1 aliphatic heterocycles. The second kappa shape index (κ2) is 10.9. The smallest absolute Gasteiger partial charge is 0.226 e. The highest BCUT2D eigenvalue weighted by molar-refractivity contribution is 7.13. The Morgan fingerprint density at radius 2 is 1.62 bits per heavy atom. The van der Waals surface area contributed by atoms with E-state index in [4.69, 9.17) is 4.37 Å². The zero-order valence-corrected chi connectivity index (χ0v) is 21.1. The van der Waals surface area contributed by atoms with E-state index in [-0.39, 0.29) is 5.91 Å². The Hall–Kier alpha value is -2.44. The first-order valence-corrected chi connectivity index (χ1v) is 13.6. The normalized spacial score (nSPS) is 21.6. The number of rotatable bonds is 7. The molecule has 2 heterocycles. The maximum atomic E-state index is 12.7. The summed E-state index contributed by atoms with van der Waals surface area (Å²) in [6.07, 6.45) is 6.93. The fourth-order valence-corrected chi connectivity index (χ4v) is 6.35. The number of nitrogens with zero attached hydrogens (tertiary/aromatic N) is 4. The van der Waals surface area contributed by atoms with Crippen LogP contribution in [0.15, 0.2) is 54.6 Å². The van der Waals surface area contributed by atoms with Gasteiger partial charge in [0.1, 0.15) is 5.82 Å². The monoisotopic (exact) mass is 476 g/mol. The van der Waals surface area contributed by atoms with Crippen molar-refractivity contribution >= 4 is 39.0 Å². The number of fused-ring (bicyclic) bond motifs is 1. The third kappa shape index (κ3) is 5.44. The summed E-state index contributed by atoms with van der Waals surface area (Å²) in [6, 6.07) is 18.6. The van der Waals surface area contributed by atoms with E-state index in [1.165, 1.54) is 54.6 Å². The number of carbonyl (C=O) groups is 1. The fraction of sp³-hybridized carbons (Fsp3) is 0.500. The van der Waals surface area contributed by atoms with E-state index in [0.29, 0.717) is 12.3 Å². The average molecular weight is 477 g/mol. The first kappa shape index (κ1) is 23.3. The Morgan fingerprint density at radius 3 is 2.38 bits per heavy atom. The van der Waals surface area contributed by atoms with Gasteiger partial charge in [0.05, 0.1) is 4.70 Å². The van der Waals surface area contributed by atoms with E-state index < -0.39 is 0 Å². The van der Waals surface area contributed by atoms with Gasteiger partial charge < -0.3 is 9.80 Å². The summed E-state index contributed by atoms with van der Waals surface area (Å²) in [5, 5.41) is 1.30. The molecule has 2 fully saturated rings. The molecule has 2 aromatic carbocycles. The van der Waals surface area contributed by atoms with Gasteiger partial charge in [0.25, 0.3) is 0 Å². The van der Waals surface area contributed by atoms with Crippen LogP contribution in [0.2, 0.25) is 0 Å². The summed E-state index contributed by atoms with van der Waals surface area (Å²) >= 11 is 1.61. The summed E-state index contributed by atoms with van der Waals surface area (Å²) in [6.45, 7) is 5.59.